The fourth-order valence-corrected chi connectivity index (χ4v) is 3.36. The average Bonchev–Trinajstić information content (AvgIpc) is 2.79. The van der Waals surface area contributed by atoms with E-state index in [0.717, 1.165) is 50.4 Å². The van der Waals surface area contributed by atoms with Crippen molar-refractivity contribution in [1.82, 2.24) is 9.88 Å². The molecule has 0 aromatic carbocycles. The minimum absolute atomic E-state index is 0.104. The highest BCUT2D eigenvalue weighted by atomic mass is 32.1. The summed E-state index contributed by atoms with van der Waals surface area (Å²) in [5.41, 5.74) is 1.18. The molecular formula is C14H23N3OS. The van der Waals surface area contributed by atoms with Gasteiger partial charge >= 0.3 is 0 Å². The maximum atomic E-state index is 11.8. The molecule has 1 amide bonds. The fourth-order valence-electron chi connectivity index (χ4n) is 2.29. The van der Waals surface area contributed by atoms with E-state index in [2.05, 4.69) is 29.0 Å². The van der Waals surface area contributed by atoms with Crippen LogP contribution in [0, 0.1) is 0 Å². The van der Waals surface area contributed by atoms with Crippen LogP contribution < -0.4 is 5.32 Å². The molecule has 0 aliphatic carbocycles. The van der Waals surface area contributed by atoms with Crippen molar-refractivity contribution in [2.45, 2.75) is 52.5 Å². The lowest BCUT2D eigenvalue weighted by molar-refractivity contribution is -0.116. The maximum Gasteiger partial charge on any atom is 0.226 e. The van der Waals surface area contributed by atoms with Gasteiger partial charge in [0.25, 0.3) is 0 Å². The van der Waals surface area contributed by atoms with Gasteiger partial charge in [-0.2, -0.15) is 0 Å². The average molecular weight is 281 g/mol. The first-order valence-electron chi connectivity index (χ1n) is 7.23. The summed E-state index contributed by atoms with van der Waals surface area (Å²) < 4.78 is 0. The maximum absolute atomic E-state index is 11.8. The number of thiazole rings is 1. The van der Waals surface area contributed by atoms with Gasteiger partial charge in [0.1, 0.15) is 0 Å². The quantitative estimate of drug-likeness (QED) is 0.815. The number of hydrogen-bond donors (Lipinski definition) is 1. The Kier molecular flexibility index (Phi) is 5.34. The van der Waals surface area contributed by atoms with Crippen molar-refractivity contribution in [2.24, 2.45) is 0 Å². The van der Waals surface area contributed by atoms with Crippen LogP contribution in [0.5, 0.6) is 0 Å². The van der Waals surface area contributed by atoms with Crippen LogP contribution in [0.15, 0.2) is 0 Å². The molecule has 0 fully saturated rings. The molecule has 0 unspecified atom stereocenters. The molecule has 2 heterocycles. The third kappa shape index (κ3) is 4.01. The van der Waals surface area contributed by atoms with Crippen LogP contribution in [0.25, 0.3) is 0 Å². The van der Waals surface area contributed by atoms with E-state index in [0.29, 0.717) is 6.42 Å². The Labute approximate surface area is 119 Å². The largest absolute Gasteiger partial charge is 0.302 e. The number of hydrogen-bond acceptors (Lipinski definition) is 4. The number of nitrogens with one attached hydrogen (secondary N) is 1. The molecule has 106 valence electrons. The van der Waals surface area contributed by atoms with Crippen LogP contribution in [0.2, 0.25) is 0 Å². The van der Waals surface area contributed by atoms with Crippen LogP contribution in [-0.2, 0) is 17.8 Å². The van der Waals surface area contributed by atoms with Crippen molar-refractivity contribution >= 4 is 22.4 Å². The molecule has 2 rings (SSSR count). The first-order valence-corrected chi connectivity index (χ1v) is 8.05. The van der Waals surface area contributed by atoms with Crippen LogP contribution in [0.1, 0.15) is 50.1 Å². The van der Waals surface area contributed by atoms with Gasteiger partial charge in [-0.3, -0.25) is 9.69 Å². The highest BCUT2D eigenvalue weighted by molar-refractivity contribution is 7.15. The number of likely N-dealkylation sites (N-methyl/N-ethyl adjacent to an activating group) is 1. The summed E-state index contributed by atoms with van der Waals surface area (Å²) in [6.07, 6.45) is 4.85. The minimum atomic E-state index is 0.104. The molecule has 0 saturated heterocycles. The Morgan fingerprint density at radius 2 is 2.26 bits per heavy atom. The highest BCUT2D eigenvalue weighted by Crippen LogP contribution is 2.28. The molecule has 0 radical (unpaired) electrons. The summed E-state index contributed by atoms with van der Waals surface area (Å²) in [5.74, 6) is 0.104. The molecule has 1 aliphatic heterocycles. The van der Waals surface area contributed by atoms with Gasteiger partial charge in [-0.1, -0.05) is 26.7 Å². The number of fused-ring (bicyclic) bond motifs is 1. The number of amides is 1. The van der Waals surface area contributed by atoms with E-state index in [1.165, 1.54) is 10.6 Å². The topological polar surface area (TPSA) is 45.2 Å². The number of aromatic nitrogens is 1. The number of rotatable bonds is 6. The van der Waals surface area contributed by atoms with Crippen LogP contribution in [0.3, 0.4) is 0 Å². The third-order valence-electron chi connectivity index (χ3n) is 3.51. The van der Waals surface area contributed by atoms with Gasteiger partial charge in [-0.05, 0) is 13.0 Å². The normalized spacial score (nSPS) is 15.3. The van der Waals surface area contributed by atoms with Gasteiger partial charge in [-0.15, -0.1) is 11.3 Å². The minimum Gasteiger partial charge on any atom is -0.302 e. The zero-order chi connectivity index (χ0) is 13.7. The summed E-state index contributed by atoms with van der Waals surface area (Å²) >= 11 is 1.64. The lowest BCUT2D eigenvalue weighted by Crippen LogP contribution is -2.29. The molecule has 4 nitrogen and oxygen atoms in total. The van der Waals surface area contributed by atoms with Crippen molar-refractivity contribution < 1.29 is 4.79 Å². The van der Waals surface area contributed by atoms with Crippen molar-refractivity contribution in [3.8, 4) is 0 Å². The molecule has 19 heavy (non-hydrogen) atoms. The second kappa shape index (κ2) is 7.01. The molecule has 1 aliphatic rings. The van der Waals surface area contributed by atoms with Gasteiger partial charge in [0.15, 0.2) is 5.13 Å². The Balaban J connectivity index is 1.88. The second-order valence-electron chi connectivity index (χ2n) is 5.01. The number of carbonyl (C=O) groups is 1. The van der Waals surface area contributed by atoms with Crippen LogP contribution in [0.4, 0.5) is 5.13 Å². The second-order valence-corrected chi connectivity index (χ2v) is 6.10. The smallest absolute Gasteiger partial charge is 0.226 e. The van der Waals surface area contributed by atoms with Crippen molar-refractivity contribution in [3.63, 3.8) is 0 Å². The first-order chi connectivity index (χ1) is 9.22. The van der Waals surface area contributed by atoms with E-state index in [1.54, 1.807) is 11.3 Å². The SMILES string of the molecule is CCCCCC(=O)Nc1nc2c(s1)CN(CC)CC2. The number of unbranched alkanes of at least 4 members (excludes halogenated alkanes) is 2. The highest BCUT2D eigenvalue weighted by Gasteiger charge is 2.20. The lowest BCUT2D eigenvalue weighted by atomic mass is 10.2. The van der Waals surface area contributed by atoms with Crippen LogP contribution in [-0.4, -0.2) is 28.9 Å². The third-order valence-corrected chi connectivity index (χ3v) is 4.51. The van der Waals surface area contributed by atoms with Gasteiger partial charge in [0.2, 0.25) is 5.91 Å². The summed E-state index contributed by atoms with van der Waals surface area (Å²) in [6, 6.07) is 0. The summed E-state index contributed by atoms with van der Waals surface area (Å²) in [7, 11) is 0. The molecular weight excluding hydrogens is 258 g/mol. The van der Waals surface area contributed by atoms with E-state index in [1.807, 2.05) is 0 Å². The van der Waals surface area contributed by atoms with E-state index in [-0.39, 0.29) is 5.91 Å². The predicted octanol–water partition coefficient (Wildman–Crippen LogP) is 3.04. The molecule has 0 atom stereocenters. The van der Waals surface area contributed by atoms with Gasteiger partial charge in [0, 0.05) is 30.8 Å². The van der Waals surface area contributed by atoms with Gasteiger partial charge < -0.3 is 5.32 Å². The molecule has 0 saturated carbocycles. The zero-order valence-electron chi connectivity index (χ0n) is 11.9. The number of carbonyl (C=O) groups excluding carboxylic acids is 1. The van der Waals surface area contributed by atoms with Crippen molar-refractivity contribution in [1.29, 1.82) is 0 Å². The van der Waals surface area contributed by atoms with Crippen LogP contribution >= 0.6 is 11.3 Å². The van der Waals surface area contributed by atoms with E-state index < -0.39 is 0 Å². The van der Waals surface area contributed by atoms with E-state index in [4.69, 9.17) is 0 Å². The Hall–Kier alpha value is -0.940. The van der Waals surface area contributed by atoms with Gasteiger partial charge in [-0.25, -0.2) is 4.98 Å². The Bertz CT molecular complexity index is 430. The molecule has 0 bridgehead atoms. The van der Waals surface area contributed by atoms with E-state index in [9.17, 15) is 4.79 Å². The molecule has 0 spiro atoms. The zero-order valence-corrected chi connectivity index (χ0v) is 12.7. The number of nitrogens with zero attached hydrogens (tertiary/aromatic N) is 2. The van der Waals surface area contributed by atoms with Gasteiger partial charge in [0.05, 0.1) is 5.69 Å². The summed E-state index contributed by atoms with van der Waals surface area (Å²) in [4.78, 5) is 20.0. The van der Waals surface area contributed by atoms with Crippen molar-refractivity contribution in [3.05, 3.63) is 10.6 Å². The summed E-state index contributed by atoms with van der Waals surface area (Å²) in [5, 5.41) is 3.72. The molecule has 5 heteroatoms. The molecule has 1 aromatic heterocycles. The fraction of sp³-hybridized carbons (Fsp3) is 0.714. The van der Waals surface area contributed by atoms with Crippen molar-refractivity contribution in [2.75, 3.05) is 18.4 Å². The molecule has 1 N–H and O–H groups in total. The standard InChI is InChI=1S/C14H23N3OS/c1-3-5-6-7-13(18)16-14-15-11-8-9-17(4-2)10-12(11)19-14/h3-10H2,1-2H3,(H,15,16,18). The predicted molar refractivity (Wildman–Crippen MR) is 79.5 cm³/mol. The molecule has 1 aromatic rings. The number of anilines is 1. The first kappa shape index (κ1) is 14.5. The Morgan fingerprint density at radius 1 is 1.42 bits per heavy atom. The lowest BCUT2D eigenvalue weighted by Gasteiger charge is -2.23. The monoisotopic (exact) mass is 281 g/mol. The summed E-state index contributed by atoms with van der Waals surface area (Å²) in [6.45, 7) is 7.47. The Morgan fingerprint density at radius 3 is 3.00 bits per heavy atom. The van der Waals surface area contributed by atoms with E-state index >= 15 is 0 Å².